The monoisotopic (exact) mass is 270 g/mol. The number of likely N-dealkylation sites (N-methyl/N-ethyl adjacent to an activating group) is 1. The number of aryl methyl sites for hydroxylation is 2. The van der Waals surface area contributed by atoms with Crippen molar-refractivity contribution in [3.8, 4) is 0 Å². The molecule has 0 bridgehead atoms. The number of nitrogens with one attached hydrogen (secondary N) is 1. The van der Waals surface area contributed by atoms with Gasteiger partial charge in [-0.25, -0.2) is 4.98 Å². The van der Waals surface area contributed by atoms with Crippen LogP contribution in [0.15, 0.2) is 0 Å². The molecule has 1 aliphatic heterocycles. The predicted octanol–water partition coefficient (Wildman–Crippen LogP) is 2.04. The van der Waals surface area contributed by atoms with Crippen molar-refractivity contribution in [1.82, 2.24) is 10.3 Å². The highest BCUT2D eigenvalue weighted by Gasteiger charge is 2.22. The fourth-order valence-electron chi connectivity index (χ4n) is 2.14. The van der Waals surface area contributed by atoms with Crippen molar-refractivity contribution >= 4 is 11.3 Å². The van der Waals surface area contributed by atoms with Gasteiger partial charge in [0, 0.05) is 23.8 Å². The summed E-state index contributed by atoms with van der Waals surface area (Å²) in [5.74, 6) is 0. The highest BCUT2D eigenvalue weighted by atomic mass is 32.1. The SMILES string of the molecule is CCNC(Cc1nc(C)c(C)s1)CC1OCCO1. The van der Waals surface area contributed by atoms with Crippen molar-refractivity contribution in [2.45, 2.75) is 45.9 Å². The molecule has 1 aromatic heterocycles. The number of hydrogen-bond donors (Lipinski definition) is 1. The van der Waals surface area contributed by atoms with Gasteiger partial charge in [-0.1, -0.05) is 6.92 Å². The second kappa shape index (κ2) is 6.61. The zero-order valence-corrected chi connectivity index (χ0v) is 12.2. The summed E-state index contributed by atoms with van der Waals surface area (Å²) in [6.07, 6.45) is 1.80. The minimum atomic E-state index is -0.0452. The number of hydrogen-bond acceptors (Lipinski definition) is 5. The van der Waals surface area contributed by atoms with Gasteiger partial charge < -0.3 is 14.8 Å². The normalized spacial score (nSPS) is 18.4. The van der Waals surface area contributed by atoms with Crippen molar-refractivity contribution in [3.63, 3.8) is 0 Å². The first kappa shape index (κ1) is 13.9. The van der Waals surface area contributed by atoms with E-state index >= 15 is 0 Å². The molecule has 1 aliphatic rings. The molecule has 0 radical (unpaired) electrons. The lowest BCUT2D eigenvalue weighted by atomic mass is 10.1. The Bertz CT molecular complexity index is 356. The van der Waals surface area contributed by atoms with Crippen LogP contribution >= 0.6 is 11.3 Å². The fraction of sp³-hybridized carbons (Fsp3) is 0.769. The molecular weight excluding hydrogens is 248 g/mol. The summed E-state index contributed by atoms with van der Waals surface area (Å²) in [7, 11) is 0. The summed E-state index contributed by atoms with van der Waals surface area (Å²) in [6, 6.07) is 0.378. The topological polar surface area (TPSA) is 43.4 Å². The van der Waals surface area contributed by atoms with Gasteiger partial charge in [0.1, 0.15) is 0 Å². The molecule has 2 rings (SSSR count). The van der Waals surface area contributed by atoms with Gasteiger partial charge in [0.15, 0.2) is 6.29 Å². The molecule has 102 valence electrons. The highest BCUT2D eigenvalue weighted by molar-refractivity contribution is 7.11. The van der Waals surface area contributed by atoms with E-state index in [2.05, 4.69) is 31.1 Å². The van der Waals surface area contributed by atoms with Crippen LogP contribution in [0.5, 0.6) is 0 Å². The van der Waals surface area contributed by atoms with Crippen LogP contribution in [0.3, 0.4) is 0 Å². The van der Waals surface area contributed by atoms with E-state index in [9.17, 15) is 0 Å². The zero-order valence-electron chi connectivity index (χ0n) is 11.4. The van der Waals surface area contributed by atoms with Crippen LogP contribution < -0.4 is 5.32 Å². The third kappa shape index (κ3) is 3.75. The van der Waals surface area contributed by atoms with Crippen molar-refractivity contribution < 1.29 is 9.47 Å². The Morgan fingerprint density at radius 3 is 2.67 bits per heavy atom. The van der Waals surface area contributed by atoms with Crippen LogP contribution in [0.1, 0.15) is 28.9 Å². The van der Waals surface area contributed by atoms with Gasteiger partial charge in [0.05, 0.1) is 23.9 Å². The molecule has 0 aliphatic carbocycles. The Hall–Kier alpha value is -0.490. The van der Waals surface area contributed by atoms with E-state index in [1.165, 1.54) is 9.88 Å². The van der Waals surface area contributed by atoms with Crippen LogP contribution in [-0.2, 0) is 15.9 Å². The largest absolute Gasteiger partial charge is 0.350 e. The molecule has 0 saturated carbocycles. The average Bonchev–Trinajstić information content (AvgIpc) is 2.91. The Morgan fingerprint density at radius 2 is 2.11 bits per heavy atom. The zero-order chi connectivity index (χ0) is 13.0. The predicted molar refractivity (Wildman–Crippen MR) is 73.1 cm³/mol. The second-order valence-corrected chi connectivity index (χ2v) is 5.90. The van der Waals surface area contributed by atoms with Gasteiger partial charge in [-0.15, -0.1) is 11.3 Å². The van der Waals surface area contributed by atoms with Crippen LogP contribution in [0, 0.1) is 13.8 Å². The van der Waals surface area contributed by atoms with Crippen LogP contribution in [0.4, 0.5) is 0 Å². The maximum absolute atomic E-state index is 5.52. The van der Waals surface area contributed by atoms with Crippen molar-refractivity contribution in [2.24, 2.45) is 0 Å². The Morgan fingerprint density at radius 1 is 1.39 bits per heavy atom. The van der Waals surface area contributed by atoms with Crippen LogP contribution in [-0.4, -0.2) is 37.1 Å². The van der Waals surface area contributed by atoms with Gasteiger partial charge in [-0.2, -0.15) is 0 Å². The van der Waals surface area contributed by atoms with E-state index in [0.29, 0.717) is 6.04 Å². The molecule has 1 N–H and O–H groups in total. The summed E-state index contributed by atoms with van der Waals surface area (Å²) >= 11 is 1.79. The average molecular weight is 270 g/mol. The summed E-state index contributed by atoms with van der Waals surface area (Å²) in [4.78, 5) is 5.92. The summed E-state index contributed by atoms with van der Waals surface area (Å²) < 4.78 is 11.0. The Labute approximate surface area is 113 Å². The molecule has 1 saturated heterocycles. The first-order valence-corrected chi connectivity index (χ1v) is 7.40. The van der Waals surface area contributed by atoms with Crippen molar-refractivity contribution in [1.29, 1.82) is 0 Å². The van der Waals surface area contributed by atoms with E-state index in [-0.39, 0.29) is 6.29 Å². The molecular formula is C13H22N2O2S. The van der Waals surface area contributed by atoms with Crippen molar-refractivity contribution in [3.05, 3.63) is 15.6 Å². The maximum atomic E-state index is 5.52. The molecule has 18 heavy (non-hydrogen) atoms. The minimum Gasteiger partial charge on any atom is -0.350 e. The summed E-state index contributed by atoms with van der Waals surface area (Å²) in [6.45, 7) is 8.73. The molecule has 1 unspecified atom stereocenters. The molecule has 1 atom stereocenters. The number of ether oxygens (including phenoxy) is 2. The lowest BCUT2D eigenvalue weighted by Gasteiger charge is -2.19. The Balaban J connectivity index is 1.92. The first-order chi connectivity index (χ1) is 8.69. The van der Waals surface area contributed by atoms with Gasteiger partial charge in [-0.05, 0) is 20.4 Å². The van der Waals surface area contributed by atoms with Gasteiger partial charge in [0.25, 0.3) is 0 Å². The number of nitrogens with zero attached hydrogens (tertiary/aromatic N) is 1. The van der Waals surface area contributed by atoms with Crippen molar-refractivity contribution in [2.75, 3.05) is 19.8 Å². The standard InChI is InChI=1S/C13H22N2O2S/c1-4-14-11(8-13-16-5-6-17-13)7-12-15-9(2)10(3)18-12/h11,13-14H,4-8H2,1-3H3. The highest BCUT2D eigenvalue weighted by Crippen LogP contribution is 2.20. The van der Waals surface area contributed by atoms with Crippen LogP contribution in [0.2, 0.25) is 0 Å². The third-order valence-electron chi connectivity index (χ3n) is 3.15. The minimum absolute atomic E-state index is 0.0452. The van der Waals surface area contributed by atoms with Gasteiger partial charge in [0.2, 0.25) is 0 Å². The van der Waals surface area contributed by atoms with E-state index in [0.717, 1.165) is 38.3 Å². The first-order valence-electron chi connectivity index (χ1n) is 6.58. The van der Waals surface area contributed by atoms with E-state index in [4.69, 9.17) is 9.47 Å². The third-order valence-corrected chi connectivity index (χ3v) is 4.25. The molecule has 0 aromatic carbocycles. The number of aromatic nitrogens is 1. The molecule has 2 heterocycles. The lowest BCUT2D eigenvalue weighted by molar-refractivity contribution is -0.0525. The smallest absolute Gasteiger partial charge is 0.159 e. The fourth-order valence-corrected chi connectivity index (χ4v) is 3.15. The van der Waals surface area contributed by atoms with E-state index in [1.807, 2.05) is 0 Å². The molecule has 1 fully saturated rings. The number of rotatable bonds is 6. The lowest BCUT2D eigenvalue weighted by Crippen LogP contribution is -2.34. The number of thiazole rings is 1. The molecule has 0 amide bonds. The Kier molecular flexibility index (Phi) is 5.12. The molecule has 0 spiro atoms. The molecule has 1 aromatic rings. The summed E-state index contributed by atoms with van der Waals surface area (Å²) in [5.41, 5.74) is 1.15. The second-order valence-electron chi connectivity index (χ2n) is 4.61. The van der Waals surface area contributed by atoms with Crippen LogP contribution in [0.25, 0.3) is 0 Å². The molecule has 5 heteroatoms. The van der Waals surface area contributed by atoms with E-state index in [1.54, 1.807) is 11.3 Å². The van der Waals surface area contributed by atoms with Gasteiger partial charge >= 0.3 is 0 Å². The summed E-state index contributed by atoms with van der Waals surface area (Å²) in [5, 5.41) is 4.70. The molecule has 4 nitrogen and oxygen atoms in total. The van der Waals surface area contributed by atoms with Gasteiger partial charge in [-0.3, -0.25) is 0 Å². The van der Waals surface area contributed by atoms with E-state index < -0.39 is 0 Å². The quantitative estimate of drug-likeness (QED) is 0.859. The maximum Gasteiger partial charge on any atom is 0.159 e.